The molecule has 2 aromatic carbocycles. The van der Waals surface area contributed by atoms with Crippen LogP contribution in [0.4, 0.5) is 5.69 Å². The molecule has 0 unspecified atom stereocenters. The Bertz CT molecular complexity index is 654. The number of amides is 1. The highest BCUT2D eigenvalue weighted by molar-refractivity contribution is 6.30. The van der Waals surface area contributed by atoms with Gasteiger partial charge in [0.2, 0.25) is 0 Å². The van der Waals surface area contributed by atoms with Gasteiger partial charge < -0.3 is 5.32 Å². The number of carbonyl (C=O) groups excluding carboxylic acids is 1. The standard InChI is InChI=1S/C18H20ClNO/c1-12-11-15(19)9-10-16(12)20-17(21)13-5-7-14(8-6-13)18(2,3)4/h5-11H,1-4H3,(H,20,21). The number of halogens is 1. The van der Waals surface area contributed by atoms with Crippen LogP contribution in [0.3, 0.4) is 0 Å². The van der Waals surface area contributed by atoms with Crippen molar-refractivity contribution < 1.29 is 4.79 Å². The minimum absolute atomic E-state index is 0.0851. The second-order valence-corrected chi connectivity index (χ2v) is 6.68. The van der Waals surface area contributed by atoms with E-state index in [0.29, 0.717) is 10.6 Å². The molecule has 0 aliphatic rings. The van der Waals surface area contributed by atoms with Crippen molar-refractivity contribution >= 4 is 23.2 Å². The van der Waals surface area contributed by atoms with Crippen LogP contribution in [0.15, 0.2) is 42.5 Å². The molecule has 0 aromatic heterocycles. The predicted octanol–water partition coefficient (Wildman–Crippen LogP) is 5.20. The Labute approximate surface area is 131 Å². The molecule has 0 fully saturated rings. The zero-order chi connectivity index (χ0) is 15.6. The average Bonchev–Trinajstić information content (AvgIpc) is 2.41. The van der Waals surface area contributed by atoms with Crippen LogP contribution < -0.4 is 5.32 Å². The molecule has 110 valence electrons. The van der Waals surface area contributed by atoms with Crippen molar-refractivity contribution in [2.45, 2.75) is 33.1 Å². The van der Waals surface area contributed by atoms with E-state index in [1.165, 1.54) is 5.56 Å². The first kappa shape index (κ1) is 15.6. The fraction of sp³-hybridized carbons (Fsp3) is 0.278. The van der Waals surface area contributed by atoms with E-state index >= 15 is 0 Å². The Kier molecular flexibility index (Phi) is 4.38. The van der Waals surface area contributed by atoms with Gasteiger partial charge in [-0.15, -0.1) is 0 Å². The van der Waals surface area contributed by atoms with Gasteiger partial charge in [0, 0.05) is 16.3 Å². The van der Waals surface area contributed by atoms with Gasteiger partial charge in [-0.1, -0.05) is 44.5 Å². The number of hydrogen-bond donors (Lipinski definition) is 1. The quantitative estimate of drug-likeness (QED) is 0.811. The zero-order valence-electron chi connectivity index (χ0n) is 12.8. The summed E-state index contributed by atoms with van der Waals surface area (Å²) in [5, 5.41) is 3.58. The maximum Gasteiger partial charge on any atom is 0.255 e. The lowest BCUT2D eigenvalue weighted by molar-refractivity contribution is 0.102. The van der Waals surface area contributed by atoms with Crippen molar-refractivity contribution in [3.63, 3.8) is 0 Å². The largest absolute Gasteiger partial charge is 0.322 e. The van der Waals surface area contributed by atoms with Gasteiger partial charge in [-0.05, 0) is 53.8 Å². The molecule has 0 heterocycles. The maximum absolute atomic E-state index is 12.3. The first-order chi connectivity index (χ1) is 9.77. The van der Waals surface area contributed by atoms with Gasteiger partial charge in [0.25, 0.3) is 5.91 Å². The fourth-order valence-corrected chi connectivity index (χ4v) is 2.31. The van der Waals surface area contributed by atoms with Crippen LogP contribution in [-0.2, 0) is 5.41 Å². The summed E-state index contributed by atoms with van der Waals surface area (Å²) in [7, 11) is 0. The summed E-state index contributed by atoms with van der Waals surface area (Å²) in [6, 6.07) is 13.2. The molecule has 0 bridgehead atoms. The minimum Gasteiger partial charge on any atom is -0.322 e. The number of benzene rings is 2. The van der Waals surface area contributed by atoms with Crippen molar-refractivity contribution in [3.8, 4) is 0 Å². The number of carbonyl (C=O) groups is 1. The van der Waals surface area contributed by atoms with Gasteiger partial charge in [0.05, 0.1) is 0 Å². The second-order valence-electron chi connectivity index (χ2n) is 6.24. The van der Waals surface area contributed by atoms with Crippen molar-refractivity contribution in [1.82, 2.24) is 0 Å². The van der Waals surface area contributed by atoms with Gasteiger partial charge in [-0.2, -0.15) is 0 Å². The van der Waals surface area contributed by atoms with Crippen LogP contribution >= 0.6 is 11.6 Å². The summed E-state index contributed by atoms with van der Waals surface area (Å²) >= 11 is 5.92. The molecule has 0 saturated heterocycles. The third kappa shape index (κ3) is 3.85. The minimum atomic E-state index is -0.110. The summed E-state index contributed by atoms with van der Waals surface area (Å²) in [5.41, 5.74) is 3.67. The number of nitrogens with one attached hydrogen (secondary N) is 1. The molecule has 0 aliphatic carbocycles. The van der Waals surface area contributed by atoms with E-state index in [1.54, 1.807) is 6.07 Å². The maximum atomic E-state index is 12.3. The van der Waals surface area contributed by atoms with E-state index in [-0.39, 0.29) is 11.3 Å². The van der Waals surface area contributed by atoms with Crippen molar-refractivity contribution in [1.29, 1.82) is 0 Å². The Hall–Kier alpha value is -1.80. The molecule has 0 saturated carbocycles. The van der Waals surface area contributed by atoms with Crippen LogP contribution in [0, 0.1) is 6.92 Å². The van der Waals surface area contributed by atoms with Gasteiger partial charge in [-0.3, -0.25) is 4.79 Å². The van der Waals surface area contributed by atoms with Gasteiger partial charge in [-0.25, -0.2) is 0 Å². The Morgan fingerprint density at radius 3 is 2.19 bits per heavy atom. The molecule has 0 atom stereocenters. The summed E-state index contributed by atoms with van der Waals surface area (Å²) in [4.78, 5) is 12.3. The van der Waals surface area contributed by atoms with Crippen molar-refractivity contribution in [3.05, 3.63) is 64.2 Å². The summed E-state index contributed by atoms with van der Waals surface area (Å²) < 4.78 is 0. The van der Waals surface area contributed by atoms with E-state index in [2.05, 4.69) is 26.1 Å². The molecule has 1 N–H and O–H groups in total. The van der Waals surface area contributed by atoms with Crippen LogP contribution in [0.25, 0.3) is 0 Å². The lowest BCUT2D eigenvalue weighted by Crippen LogP contribution is -2.14. The summed E-state index contributed by atoms with van der Waals surface area (Å²) in [6.45, 7) is 8.38. The molecule has 1 amide bonds. The third-order valence-corrected chi connectivity index (χ3v) is 3.68. The van der Waals surface area contributed by atoms with Crippen LogP contribution in [0.2, 0.25) is 5.02 Å². The predicted molar refractivity (Wildman–Crippen MR) is 89.3 cm³/mol. The second kappa shape index (κ2) is 5.90. The van der Waals surface area contributed by atoms with Crippen LogP contribution in [0.1, 0.15) is 42.3 Å². The molecule has 3 heteroatoms. The molecular weight excluding hydrogens is 282 g/mol. The van der Waals surface area contributed by atoms with Crippen molar-refractivity contribution in [2.75, 3.05) is 5.32 Å². The first-order valence-corrected chi connectivity index (χ1v) is 7.33. The highest BCUT2D eigenvalue weighted by atomic mass is 35.5. The number of rotatable bonds is 2. The molecule has 2 aromatic rings. The molecule has 0 spiro atoms. The third-order valence-electron chi connectivity index (χ3n) is 3.45. The van der Waals surface area contributed by atoms with Gasteiger partial charge >= 0.3 is 0 Å². The summed E-state index contributed by atoms with van der Waals surface area (Å²) in [6.07, 6.45) is 0. The highest BCUT2D eigenvalue weighted by Gasteiger charge is 2.14. The van der Waals surface area contributed by atoms with E-state index in [9.17, 15) is 4.79 Å². The Morgan fingerprint density at radius 2 is 1.67 bits per heavy atom. The number of hydrogen-bond acceptors (Lipinski definition) is 1. The first-order valence-electron chi connectivity index (χ1n) is 6.95. The van der Waals surface area contributed by atoms with Gasteiger partial charge in [0.1, 0.15) is 0 Å². The monoisotopic (exact) mass is 301 g/mol. The summed E-state index contributed by atoms with van der Waals surface area (Å²) in [5.74, 6) is -0.110. The molecule has 21 heavy (non-hydrogen) atoms. The molecular formula is C18H20ClNO. The molecule has 2 rings (SSSR count). The zero-order valence-corrected chi connectivity index (χ0v) is 13.6. The topological polar surface area (TPSA) is 29.1 Å². The fourth-order valence-electron chi connectivity index (χ4n) is 2.08. The Morgan fingerprint density at radius 1 is 1.05 bits per heavy atom. The SMILES string of the molecule is Cc1cc(Cl)ccc1NC(=O)c1ccc(C(C)(C)C)cc1. The lowest BCUT2D eigenvalue weighted by atomic mass is 9.87. The number of anilines is 1. The van der Waals surface area contributed by atoms with Gasteiger partial charge in [0.15, 0.2) is 0 Å². The van der Waals surface area contributed by atoms with E-state index in [4.69, 9.17) is 11.6 Å². The van der Waals surface area contributed by atoms with Crippen LogP contribution in [0.5, 0.6) is 0 Å². The molecule has 0 radical (unpaired) electrons. The molecule has 2 nitrogen and oxygen atoms in total. The smallest absolute Gasteiger partial charge is 0.255 e. The Balaban J connectivity index is 2.17. The van der Waals surface area contributed by atoms with E-state index in [0.717, 1.165) is 11.3 Å². The van der Waals surface area contributed by atoms with Crippen LogP contribution in [-0.4, -0.2) is 5.91 Å². The average molecular weight is 302 g/mol. The van der Waals surface area contributed by atoms with E-state index in [1.807, 2.05) is 43.3 Å². The normalized spacial score (nSPS) is 11.3. The highest BCUT2D eigenvalue weighted by Crippen LogP contribution is 2.23. The lowest BCUT2D eigenvalue weighted by Gasteiger charge is -2.19. The molecule has 0 aliphatic heterocycles. The van der Waals surface area contributed by atoms with E-state index < -0.39 is 0 Å². The van der Waals surface area contributed by atoms with Crippen molar-refractivity contribution in [2.24, 2.45) is 0 Å². The number of aryl methyl sites for hydroxylation is 1.